The van der Waals surface area contributed by atoms with E-state index >= 15 is 0 Å². The largest absolute Gasteiger partial charge is 0.316 e. The fourth-order valence-corrected chi connectivity index (χ4v) is 4.94. The Bertz CT molecular complexity index is 1430. The lowest BCUT2D eigenvalue weighted by molar-refractivity contribution is -0.410. The highest BCUT2D eigenvalue weighted by atomic mass is 28.3. The Labute approximate surface area is 220 Å². The molecule has 0 aliphatic carbocycles. The molecule has 1 atom stereocenters. The topological polar surface area (TPSA) is 30.8 Å². The maximum atomic E-state index is 6.23. The standard InChI is InChI=1S/C33H31NO2Si/c1-37(2,3)22-21-32(34-24-26-13-7-4-8-14-26)33(35-25-36-33)29-19-20-30(27-15-9-5-10-16-27)31(23-29)28-17-11-6-12-18-28/h4-20,23-24,32H,25H2,1-3H3. The zero-order valence-corrected chi connectivity index (χ0v) is 22.5. The molecule has 3 nitrogen and oxygen atoms in total. The van der Waals surface area contributed by atoms with E-state index in [9.17, 15) is 0 Å². The molecule has 1 heterocycles. The van der Waals surface area contributed by atoms with Crippen molar-refractivity contribution in [3.63, 3.8) is 0 Å². The summed E-state index contributed by atoms with van der Waals surface area (Å²) in [5.74, 6) is 2.38. The molecule has 0 spiro atoms. The van der Waals surface area contributed by atoms with E-state index < -0.39 is 19.9 Å². The van der Waals surface area contributed by atoms with Gasteiger partial charge in [0.2, 0.25) is 5.79 Å². The fraction of sp³-hybridized carbons (Fsp3) is 0.182. The molecule has 1 unspecified atom stereocenters. The quantitative estimate of drug-likeness (QED) is 0.155. The lowest BCUT2D eigenvalue weighted by Crippen LogP contribution is -2.52. The van der Waals surface area contributed by atoms with Crippen LogP contribution in [0, 0.1) is 11.5 Å². The molecule has 0 N–H and O–H groups in total. The molecule has 1 fully saturated rings. The second-order valence-corrected chi connectivity index (χ2v) is 14.9. The van der Waals surface area contributed by atoms with Crippen molar-refractivity contribution < 1.29 is 9.47 Å². The zero-order valence-electron chi connectivity index (χ0n) is 21.5. The van der Waals surface area contributed by atoms with Gasteiger partial charge < -0.3 is 9.47 Å². The molecule has 0 amide bonds. The molecule has 0 aromatic heterocycles. The maximum Gasteiger partial charge on any atom is 0.233 e. The summed E-state index contributed by atoms with van der Waals surface area (Å²) in [6.45, 7) is 6.91. The van der Waals surface area contributed by atoms with Gasteiger partial charge in [0.15, 0.2) is 12.8 Å². The molecular weight excluding hydrogens is 470 g/mol. The second kappa shape index (κ2) is 10.7. The summed E-state index contributed by atoms with van der Waals surface area (Å²) in [4.78, 5) is 4.92. The van der Waals surface area contributed by atoms with Gasteiger partial charge >= 0.3 is 0 Å². The van der Waals surface area contributed by atoms with Crippen LogP contribution in [0.1, 0.15) is 11.1 Å². The van der Waals surface area contributed by atoms with E-state index in [1.165, 1.54) is 0 Å². The maximum absolute atomic E-state index is 6.23. The highest BCUT2D eigenvalue weighted by Crippen LogP contribution is 2.43. The molecule has 0 bridgehead atoms. The average Bonchev–Trinajstić information content (AvgIpc) is 2.90. The Morgan fingerprint density at radius 3 is 1.86 bits per heavy atom. The van der Waals surface area contributed by atoms with Gasteiger partial charge in [0.1, 0.15) is 8.07 Å². The van der Waals surface area contributed by atoms with Gasteiger partial charge in [-0.2, -0.15) is 0 Å². The minimum Gasteiger partial charge on any atom is -0.316 e. The SMILES string of the molecule is C[Si](C)(C)C#CC(N=Cc1ccccc1)C1(c2ccc(-c3ccccc3)c(-c3ccccc3)c2)OCO1. The van der Waals surface area contributed by atoms with E-state index in [-0.39, 0.29) is 6.79 Å². The molecular formula is C33H31NO2Si. The summed E-state index contributed by atoms with van der Waals surface area (Å²) < 4.78 is 12.5. The van der Waals surface area contributed by atoms with Gasteiger partial charge in [-0.3, -0.25) is 4.99 Å². The predicted octanol–water partition coefficient (Wildman–Crippen LogP) is 7.55. The van der Waals surface area contributed by atoms with Crippen molar-refractivity contribution in [3.05, 3.63) is 120 Å². The van der Waals surface area contributed by atoms with E-state index in [1.54, 1.807) is 0 Å². The van der Waals surface area contributed by atoms with Crippen molar-refractivity contribution in [3.8, 4) is 33.7 Å². The van der Waals surface area contributed by atoms with Crippen LogP contribution >= 0.6 is 0 Å². The number of rotatable bonds is 6. The molecule has 4 heteroatoms. The first-order chi connectivity index (χ1) is 17.9. The molecule has 37 heavy (non-hydrogen) atoms. The van der Waals surface area contributed by atoms with Crippen molar-refractivity contribution in [2.24, 2.45) is 4.99 Å². The van der Waals surface area contributed by atoms with Crippen LogP contribution in [0.15, 0.2) is 114 Å². The minimum atomic E-state index is -1.66. The summed E-state index contributed by atoms with van der Waals surface area (Å²) in [6, 6.07) is 36.9. The van der Waals surface area contributed by atoms with Crippen LogP contribution in [0.4, 0.5) is 0 Å². The monoisotopic (exact) mass is 501 g/mol. The molecule has 5 rings (SSSR count). The Hall–Kier alpha value is -3.75. The number of benzene rings is 4. The van der Waals surface area contributed by atoms with Gasteiger partial charge in [0.05, 0.1) is 0 Å². The zero-order chi connectivity index (χ0) is 25.7. The first kappa shape index (κ1) is 24.9. The smallest absolute Gasteiger partial charge is 0.233 e. The van der Waals surface area contributed by atoms with Gasteiger partial charge in [-0.05, 0) is 33.9 Å². The number of hydrogen-bond donors (Lipinski definition) is 0. The van der Waals surface area contributed by atoms with Crippen LogP contribution in [0.5, 0.6) is 0 Å². The van der Waals surface area contributed by atoms with Crippen LogP contribution in [0.25, 0.3) is 22.3 Å². The van der Waals surface area contributed by atoms with Gasteiger partial charge in [-0.1, -0.05) is 129 Å². The Morgan fingerprint density at radius 2 is 1.32 bits per heavy atom. The normalized spacial score (nSPS) is 15.4. The van der Waals surface area contributed by atoms with E-state index in [2.05, 4.69) is 97.8 Å². The van der Waals surface area contributed by atoms with Gasteiger partial charge in [0, 0.05) is 11.8 Å². The number of hydrogen-bond acceptors (Lipinski definition) is 3. The average molecular weight is 502 g/mol. The highest BCUT2D eigenvalue weighted by Gasteiger charge is 2.49. The fourth-order valence-electron chi connectivity index (χ4n) is 4.37. The Balaban J connectivity index is 1.63. The van der Waals surface area contributed by atoms with Crippen LogP contribution in [-0.4, -0.2) is 27.1 Å². The lowest BCUT2D eigenvalue weighted by Gasteiger charge is -2.44. The summed E-state index contributed by atoms with van der Waals surface area (Å²) >= 11 is 0. The van der Waals surface area contributed by atoms with Crippen molar-refractivity contribution in [1.82, 2.24) is 0 Å². The molecule has 0 radical (unpaired) electrons. The number of nitrogens with zero attached hydrogens (tertiary/aromatic N) is 1. The van der Waals surface area contributed by atoms with E-state index in [0.29, 0.717) is 0 Å². The van der Waals surface area contributed by atoms with Crippen LogP contribution in [0.2, 0.25) is 19.6 Å². The first-order valence-electron chi connectivity index (χ1n) is 12.6. The number of aliphatic imine (C=N–C) groups is 1. The second-order valence-electron chi connectivity index (χ2n) is 10.2. The molecule has 0 saturated carbocycles. The summed E-state index contributed by atoms with van der Waals surface area (Å²) in [7, 11) is -1.66. The third-order valence-electron chi connectivity index (χ3n) is 6.25. The first-order valence-corrected chi connectivity index (χ1v) is 16.1. The third-order valence-corrected chi connectivity index (χ3v) is 7.15. The molecule has 1 aliphatic heterocycles. The number of ether oxygens (including phenoxy) is 2. The molecule has 4 aromatic rings. The molecule has 1 aliphatic rings. The third kappa shape index (κ3) is 5.65. The summed E-state index contributed by atoms with van der Waals surface area (Å²) in [5, 5.41) is 0. The molecule has 1 saturated heterocycles. The summed E-state index contributed by atoms with van der Waals surface area (Å²) in [6.07, 6.45) is 1.87. The Kier molecular flexibility index (Phi) is 7.21. The van der Waals surface area contributed by atoms with Crippen LogP contribution in [0.3, 0.4) is 0 Å². The van der Waals surface area contributed by atoms with Crippen LogP contribution < -0.4 is 0 Å². The van der Waals surface area contributed by atoms with Crippen molar-refractivity contribution in [2.75, 3.05) is 6.79 Å². The van der Waals surface area contributed by atoms with Gasteiger partial charge in [-0.15, -0.1) is 5.54 Å². The lowest BCUT2D eigenvalue weighted by atomic mass is 9.88. The highest BCUT2D eigenvalue weighted by molar-refractivity contribution is 6.83. The predicted molar refractivity (Wildman–Crippen MR) is 155 cm³/mol. The van der Waals surface area contributed by atoms with Crippen molar-refractivity contribution >= 4 is 14.3 Å². The minimum absolute atomic E-state index is 0.215. The van der Waals surface area contributed by atoms with E-state index in [1.807, 2.05) is 48.7 Å². The molecule has 4 aromatic carbocycles. The van der Waals surface area contributed by atoms with Gasteiger partial charge in [-0.25, -0.2) is 0 Å². The van der Waals surface area contributed by atoms with E-state index in [0.717, 1.165) is 33.4 Å². The van der Waals surface area contributed by atoms with Crippen molar-refractivity contribution in [1.29, 1.82) is 0 Å². The van der Waals surface area contributed by atoms with Gasteiger partial charge in [0.25, 0.3) is 0 Å². The molecule has 184 valence electrons. The van der Waals surface area contributed by atoms with Crippen LogP contribution in [-0.2, 0) is 15.3 Å². The van der Waals surface area contributed by atoms with Crippen molar-refractivity contribution in [2.45, 2.75) is 31.5 Å². The summed E-state index contributed by atoms with van der Waals surface area (Å²) in [5.41, 5.74) is 10.00. The Morgan fingerprint density at radius 1 is 0.757 bits per heavy atom. The van der Waals surface area contributed by atoms with E-state index in [4.69, 9.17) is 14.5 Å².